The van der Waals surface area contributed by atoms with E-state index in [0.717, 1.165) is 29.9 Å². The number of carbonyl (C=O) groups is 1. The zero-order valence-corrected chi connectivity index (χ0v) is 13.5. The smallest absolute Gasteiger partial charge is 0.272 e. The summed E-state index contributed by atoms with van der Waals surface area (Å²) < 4.78 is 14.9. The van der Waals surface area contributed by atoms with Gasteiger partial charge in [-0.3, -0.25) is 9.78 Å². The Morgan fingerprint density at radius 2 is 2.00 bits per heavy atom. The van der Waals surface area contributed by atoms with Crippen molar-refractivity contribution in [3.8, 4) is 5.69 Å². The number of carbonyl (C=O) groups excluding carboxylic acids is 1. The summed E-state index contributed by atoms with van der Waals surface area (Å²) in [6.45, 7) is 0.349. The van der Waals surface area contributed by atoms with Crippen LogP contribution < -0.4 is 5.32 Å². The Hall–Kier alpha value is -3.02. The minimum Gasteiger partial charge on any atom is -0.345 e. The summed E-state index contributed by atoms with van der Waals surface area (Å²) in [4.78, 5) is 16.6. The van der Waals surface area contributed by atoms with Crippen LogP contribution in [0.25, 0.3) is 5.69 Å². The molecule has 1 aliphatic rings. The molecule has 1 fully saturated rings. The number of amides is 1. The van der Waals surface area contributed by atoms with Crippen LogP contribution in [0.1, 0.15) is 40.6 Å². The van der Waals surface area contributed by atoms with Crippen molar-refractivity contribution in [3.05, 3.63) is 77.6 Å². The first kappa shape index (κ1) is 15.5. The Morgan fingerprint density at radius 3 is 2.68 bits per heavy atom. The fourth-order valence-electron chi connectivity index (χ4n) is 2.73. The predicted molar refractivity (Wildman–Crippen MR) is 90.9 cm³/mol. The minimum absolute atomic E-state index is 0.242. The van der Waals surface area contributed by atoms with Gasteiger partial charge in [0.25, 0.3) is 5.91 Å². The van der Waals surface area contributed by atoms with E-state index in [2.05, 4.69) is 15.4 Å². The van der Waals surface area contributed by atoms with Crippen LogP contribution in [0, 0.1) is 5.82 Å². The highest BCUT2D eigenvalue weighted by molar-refractivity contribution is 5.92. The molecule has 2 aromatic heterocycles. The van der Waals surface area contributed by atoms with Crippen LogP contribution in [-0.4, -0.2) is 20.7 Å². The van der Waals surface area contributed by atoms with Crippen LogP contribution >= 0.6 is 0 Å². The molecule has 1 aliphatic carbocycles. The van der Waals surface area contributed by atoms with E-state index in [9.17, 15) is 9.18 Å². The first-order valence-electron chi connectivity index (χ1n) is 8.25. The number of benzene rings is 1. The molecule has 0 aliphatic heterocycles. The normalized spacial score (nSPS) is 13.6. The quantitative estimate of drug-likeness (QED) is 0.778. The number of rotatable bonds is 5. The Balaban J connectivity index is 1.56. The molecule has 0 bridgehead atoms. The van der Waals surface area contributed by atoms with E-state index in [1.54, 1.807) is 23.0 Å². The molecule has 4 rings (SSSR count). The lowest BCUT2D eigenvalue weighted by Gasteiger charge is -2.06. The third kappa shape index (κ3) is 3.42. The van der Waals surface area contributed by atoms with Crippen LogP contribution in [0.2, 0.25) is 0 Å². The van der Waals surface area contributed by atoms with Crippen molar-refractivity contribution in [3.63, 3.8) is 0 Å². The fraction of sp³-hybridized carbons (Fsp3) is 0.211. The molecule has 1 aromatic carbocycles. The van der Waals surface area contributed by atoms with Crippen molar-refractivity contribution in [1.82, 2.24) is 20.1 Å². The lowest BCUT2D eigenvalue weighted by atomic mass is 10.2. The van der Waals surface area contributed by atoms with Gasteiger partial charge in [-0.2, -0.15) is 5.10 Å². The van der Waals surface area contributed by atoms with Crippen LogP contribution in [-0.2, 0) is 6.54 Å². The Kier molecular flexibility index (Phi) is 4.01. The van der Waals surface area contributed by atoms with Crippen molar-refractivity contribution in [2.75, 3.05) is 0 Å². The molecule has 6 heteroatoms. The van der Waals surface area contributed by atoms with Gasteiger partial charge in [0, 0.05) is 17.8 Å². The highest BCUT2D eigenvalue weighted by Crippen LogP contribution is 2.41. The van der Waals surface area contributed by atoms with E-state index in [1.807, 2.05) is 24.3 Å². The molecule has 0 spiro atoms. The van der Waals surface area contributed by atoms with E-state index in [-0.39, 0.29) is 11.7 Å². The van der Waals surface area contributed by atoms with Crippen LogP contribution in [0.5, 0.6) is 0 Å². The van der Waals surface area contributed by atoms with Gasteiger partial charge in [0.1, 0.15) is 5.82 Å². The van der Waals surface area contributed by atoms with Gasteiger partial charge in [0.15, 0.2) is 5.69 Å². The Labute approximate surface area is 144 Å². The molecule has 5 nitrogen and oxygen atoms in total. The SMILES string of the molecule is O=C(NCc1ccccn1)c1cc(C2CC2)n(-c2ccc(F)cc2)n1. The Morgan fingerprint density at radius 1 is 1.20 bits per heavy atom. The zero-order chi connectivity index (χ0) is 17.2. The number of pyridine rings is 1. The maximum Gasteiger partial charge on any atom is 0.272 e. The largest absolute Gasteiger partial charge is 0.345 e. The first-order valence-corrected chi connectivity index (χ1v) is 8.25. The van der Waals surface area contributed by atoms with Gasteiger partial charge in [-0.15, -0.1) is 0 Å². The third-order valence-corrected chi connectivity index (χ3v) is 4.19. The van der Waals surface area contributed by atoms with E-state index < -0.39 is 0 Å². The first-order chi connectivity index (χ1) is 12.2. The van der Waals surface area contributed by atoms with Gasteiger partial charge in [-0.25, -0.2) is 9.07 Å². The summed E-state index contributed by atoms with van der Waals surface area (Å²) in [5.74, 6) is -0.125. The molecule has 1 amide bonds. The molecule has 0 atom stereocenters. The molecule has 25 heavy (non-hydrogen) atoms. The maximum atomic E-state index is 13.2. The number of halogens is 1. The summed E-state index contributed by atoms with van der Waals surface area (Å²) >= 11 is 0. The number of hydrogen-bond acceptors (Lipinski definition) is 3. The second kappa shape index (κ2) is 6.47. The average molecular weight is 336 g/mol. The maximum absolute atomic E-state index is 13.2. The second-order valence-corrected chi connectivity index (χ2v) is 6.12. The van der Waals surface area contributed by atoms with Crippen molar-refractivity contribution in [2.24, 2.45) is 0 Å². The monoisotopic (exact) mass is 336 g/mol. The zero-order valence-electron chi connectivity index (χ0n) is 13.5. The molecule has 126 valence electrons. The summed E-state index contributed by atoms with van der Waals surface area (Å²) in [7, 11) is 0. The van der Waals surface area contributed by atoms with Gasteiger partial charge >= 0.3 is 0 Å². The summed E-state index contributed by atoms with van der Waals surface area (Å²) in [6, 6.07) is 13.5. The van der Waals surface area contributed by atoms with E-state index in [4.69, 9.17) is 0 Å². The topological polar surface area (TPSA) is 59.8 Å². The fourth-order valence-corrected chi connectivity index (χ4v) is 2.73. The highest BCUT2D eigenvalue weighted by atomic mass is 19.1. The van der Waals surface area contributed by atoms with Crippen molar-refractivity contribution < 1.29 is 9.18 Å². The lowest BCUT2D eigenvalue weighted by Crippen LogP contribution is -2.23. The van der Waals surface area contributed by atoms with Gasteiger partial charge < -0.3 is 5.32 Å². The van der Waals surface area contributed by atoms with Crippen molar-refractivity contribution in [1.29, 1.82) is 0 Å². The van der Waals surface area contributed by atoms with Gasteiger partial charge in [-0.05, 0) is 55.3 Å². The number of aromatic nitrogens is 3. The molecule has 0 radical (unpaired) electrons. The number of nitrogens with zero attached hydrogens (tertiary/aromatic N) is 3. The predicted octanol–water partition coefficient (Wildman–Crippen LogP) is 3.21. The van der Waals surface area contributed by atoms with Crippen LogP contribution in [0.15, 0.2) is 54.7 Å². The summed E-state index contributed by atoms with van der Waals surface area (Å²) in [5, 5.41) is 7.28. The Bertz CT molecular complexity index is 886. The van der Waals surface area contributed by atoms with Gasteiger partial charge in [0.05, 0.1) is 17.9 Å². The number of nitrogens with one attached hydrogen (secondary N) is 1. The minimum atomic E-state index is -0.294. The lowest BCUT2D eigenvalue weighted by molar-refractivity contribution is 0.0945. The van der Waals surface area contributed by atoms with E-state index >= 15 is 0 Å². The van der Waals surface area contributed by atoms with Gasteiger partial charge in [0.2, 0.25) is 0 Å². The molecule has 0 unspecified atom stereocenters. The van der Waals surface area contributed by atoms with E-state index in [1.165, 1.54) is 12.1 Å². The molecule has 3 aromatic rings. The molecule has 1 N–H and O–H groups in total. The summed E-state index contributed by atoms with van der Waals surface area (Å²) in [6.07, 6.45) is 3.86. The highest BCUT2D eigenvalue weighted by Gasteiger charge is 2.29. The summed E-state index contributed by atoms with van der Waals surface area (Å²) in [5.41, 5.74) is 2.90. The molecular formula is C19H17FN4O. The molecule has 0 saturated heterocycles. The standard InChI is InChI=1S/C19H17FN4O/c20-14-6-8-16(9-7-14)24-18(13-4-5-13)11-17(23-24)19(25)22-12-15-3-1-2-10-21-15/h1-3,6-11,13H,4-5,12H2,(H,22,25). The average Bonchev–Trinajstić information content (AvgIpc) is 3.40. The third-order valence-electron chi connectivity index (χ3n) is 4.19. The van der Waals surface area contributed by atoms with E-state index in [0.29, 0.717) is 18.2 Å². The van der Waals surface area contributed by atoms with Crippen LogP contribution in [0.4, 0.5) is 4.39 Å². The molecular weight excluding hydrogens is 319 g/mol. The molecule has 1 saturated carbocycles. The van der Waals surface area contributed by atoms with Gasteiger partial charge in [-0.1, -0.05) is 6.07 Å². The second-order valence-electron chi connectivity index (χ2n) is 6.12. The van der Waals surface area contributed by atoms with Crippen molar-refractivity contribution >= 4 is 5.91 Å². The number of hydrogen-bond donors (Lipinski definition) is 1. The van der Waals surface area contributed by atoms with Crippen molar-refractivity contribution in [2.45, 2.75) is 25.3 Å². The van der Waals surface area contributed by atoms with Crippen LogP contribution in [0.3, 0.4) is 0 Å². The molecule has 2 heterocycles.